The molecule has 1 amide bonds. The first-order chi connectivity index (χ1) is 9.39. The summed E-state index contributed by atoms with van der Waals surface area (Å²) in [5.41, 5.74) is 0.441. The molecule has 1 fully saturated rings. The van der Waals surface area contributed by atoms with Crippen molar-refractivity contribution in [2.45, 2.75) is 31.9 Å². The second-order valence-electron chi connectivity index (χ2n) is 4.88. The van der Waals surface area contributed by atoms with Crippen LogP contribution in [0.3, 0.4) is 0 Å². The van der Waals surface area contributed by atoms with E-state index in [0.717, 1.165) is 0 Å². The molecule has 0 bridgehead atoms. The number of anilines is 1. The Labute approximate surface area is 123 Å². The molecular formula is C13H14BrF3N2O. The molecule has 20 heavy (non-hydrogen) atoms. The summed E-state index contributed by atoms with van der Waals surface area (Å²) in [5.74, 6) is -3.13. The van der Waals surface area contributed by atoms with Crippen LogP contribution in [0.1, 0.15) is 25.7 Å². The normalized spacial score (nSPS) is 23.4. The van der Waals surface area contributed by atoms with Crippen LogP contribution < -0.4 is 5.32 Å². The molecule has 2 rings (SSSR count). The van der Waals surface area contributed by atoms with Crippen molar-refractivity contribution in [3.63, 3.8) is 0 Å². The number of rotatable bonds is 2. The average molecular weight is 351 g/mol. The first kappa shape index (κ1) is 15.3. The van der Waals surface area contributed by atoms with Gasteiger partial charge in [0.25, 0.3) is 0 Å². The summed E-state index contributed by atoms with van der Waals surface area (Å²) in [4.78, 5) is 16.0. The van der Waals surface area contributed by atoms with Crippen molar-refractivity contribution < 1.29 is 18.0 Å². The van der Waals surface area contributed by atoms with E-state index in [0.29, 0.717) is 23.0 Å². The van der Waals surface area contributed by atoms with Gasteiger partial charge >= 0.3 is 6.18 Å². The second kappa shape index (κ2) is 6.11. The minimum atomic E-state index is -4.32. The number of nitrogens with zero attached hydrogens (tertiary/aromatic N) is 1. The number of amides is 1. The first-order valence-corrected chi connectivity index (χ1v) is 7.16. The van der Waals surface area contributed by atoms with Gasteiger partial charge in [0.1, 0.15) is 0 Å². The Morgan fingerprint density at radius 3 is 2.70 bits per heavy atom. The van der Waals surface area contributed by atoms with Crippen molar-refractivity contribution >= 4 is 27.5 Å². The highest BCUT2D eigenvalue weighted by molar-refractivity contribution is 9.10. The lowest BCUT2D eigenvalue weighted by Crippen LogP contribution is -2.39. The third-order valence-electron chi connectivity index (χ3n) is 3.55. The molecule has 1 saturated carbocycles. The Kier molecular flexibility index (Phi) is 4.67. The average Bonchev–Trinajstić information content (AvgIpc) is 2.40. The minimum Gasteiger partial charge on any atom is -0.325 e. The fraction of sp³-hybridized carbons (Fsp3) is 0.538. The lowest BCUT2D eigenvalue weighted by Gasteiger charge is -2.32. The maximum atomic E-state index is 13.0. The molecule has 0 spiro atoms. The summed E-state index contributed by atoms with van der Waals surface area (Å²) in [6.07, 6.45) is 0.116. The molecule has 0 aliphatic heterocycles. The van der Waals surface area contributed by atoms with Crippen molar-refractivity contribution in [2.24, 2.45) is 11.8 Å². The van der Waals surface area contributed by atoms with Crippen molar-refractivity contribution in [1.29, 1.82) is 0 Å². The van der Waals surface area contributed by atoms with Gasteiger partial charge in [-0.3, -0.25) is 9.78 Å². The Hall–Kier alpha value is -1.11. The van der Waals surface area contributed by atoms with Gasteiger partial charge in [0.05, 0.1) is 16.1 Å². The molecular weight excluding hydrogens is 337 g/mol. The van der Waals surface area contributed by atoms with Crippen LogP contribution in [0.15, 0.2) is 22.9 Å². The quantitative estimate of drug-likeness (QED) is 0.870. The van der Waals surface area contributed by atoms with Crippen LogP contribution in [0.4, 0.5) is 18.9 Å². The van der Waals surface area contributed by atoms with Crippen molar-refractivity contribution in [3.05, 3.63) is 22.9 Å². The first-order valence-electron chi connectivity index (χ1n) is 6.36. The molecule has 0 saturated heterocycles. The monoisotopic (exact) mass is 350 g/mol. The molecule has 2 unspecified atom stereocenters. The van der Waals surface area contributed by atoms with Crippen molar-refractivity contribution in [1.82, 2.24) is 4.98 Å². The van der Waals surface area contributed by atoms with E-state index in [2.05, 4.69) is 26.2 Å². The van der Waals surface area contributed by atoms with Gasteiger partial charge in [0, 0.05) is 18.3 Å². The van der Waals surface area contributed by atoms with Gasteiger partial charge in [0.2, 0.25) is 5.91 Å². The number of halogens is 4. The highest BCUT2D eigenvalue weighted by atomic mass is 79.9. The smallest absolute Gasteiger partial charge is 0.325 e. The van der Waals surface area contributed by atoms with E-state index in [4.69, 9.17) is 0 Å². The number of nitrogens with one attached hydrogen (secondary N) is 1. The maximum Gasteiger partial charge on any atom is 0.392 e. The van der Waals surface area contributed by atoms with E-state index in [1.165, 1.54) is 12.4 Å². The summed E-state index contributed by atoms with van der Waals surface area (Å²) < 4.78 is 39.5. The van der Waals surface area contributed by atoms with Crippen LogP contribution in [0.25, 0.3) is 0 Å². The van der Waals surface area contributed by atoms with Crippen LogP contribution in [0, 0.1) is 11.8 Å². The summed E-state index contributed by atoms with van der Waals surface area (Å²) in [5, 5.41) is 2.56. The molecule has 1 aliphatic carbocycles. The summed E-state index contributed by atoms with van der Waals surface area (Å²) in [6, 6.07) is 1.55. The fourth-order valence-electron chi connectivity index (χ4n) is 2.54. The number of alkyl halides is 3. The van der Waals surface area contributed by atoms with E-state index < -0.39 is 23.9 Å². The van der Waals surface area contributed by atoms with E-state index in [-0.39, 0.29) is 12.8 Å². The topological polar surface area (TPSA) is 42.0 Å². The molecule has 0 aromatic carbocycles. The highest BCUT2D eigenvalue weighted by Crippen LogP contribution is 2.42. The second-order valence-corrected chi connectivity index (χ2v) is 5.74. The zero-order valence-corrected chi connectivity index (χ0v) is 12.2. The number of carbonyl (C=O) groups is 1. The number of hydrogen-bond donors (Lipinski definition) is 1. The molecule has 1 heterocycles. The number of aromatic nitrogens is 1. The van der Waals surface area contributed by atoms with Gasteiger partial charge in [-0.1, -0.05) is 12.8 Å². The largest absolute Gasteiger partial charge is 0.392 e. The zero-order valence-electron chi connectivity index (χ0n) is 10.6. The van der Waals surface area contributed by atoms with Crippen molar-refractivity contribution in [3.8, 4) is 0 Å². The van der Waals surface area contributed by atoms with Gasteiger partial charge in [-0.2, -0.15) is 13.2 Å². The standard InChI is InChI=1S/C13H14BrF3N2O/c14-10-7-18-6-5-11(10)19-12(20)8-3-1-2-4-9(8)13(15,16)17/h5-9H,1-4H2,(H,18,19,20). The predicted molar refractivity (Wildman–Crippen MR) is 72.1 cm³/mol. The zero-order chi connectivity index (χ0) is 14.8. The van der Waals surface area contributed by atoms with Crippen LogP contribution in [0.2, 0.25) is 0 Å². The Morgan fingerprint density at radius 1 is 1.35 bits per heavy atom. The van der Waals surface area contributed by atoms with E-state index in [9.17, 15) is 18.0 Å². The van der Waals surface area contributed by atoms with Gasteiger partial charge in [-0.05, 0) is 34.8 Å². The lowest BCUT2D eigenvalue weighted by atomic mass is 9.78. The molecule has 7 heteroatoms. The molecule has 110 valence electrons. The van der Waals surface area contributed by atoms with E-state index in [1.807, 2.05) is 0 Å². The van der Waals surface area contributed by atoms with E-state index in [1.54, 1.807) is 6.07 Å². The lowest BCUT2D eigenvalue weighted by molar-refractivity contribution is -0.197. The molecule has 1 N–H and O–H groups in total. The van der Waals surface area contributed by atoms with Gasteiger partial charge < -0.3 is 5.32 Å². The summed E-state index contributed by atoms with van der Waals surface area (Å²) in [7, 11) is 0. The SMILES string of the molecule is O=C(Nc1ccncc1Br)C1CCCCC1C(F)(F)F. The summed E-state index contributed by atoms with van der Waals surface area (Å²) in [6.45, 7) is 0. The molecule has 0 radical (unpaired) electrons. The van der Waals surface area contributed by atoms with Crippen LogP contribution in [-0.2, 0) is 4.79 Å². The van der Waals surface area contributed by atoms with Gasteiger partial charge in [-0.25, -0.2) is 0 Å². The fourth-order valence-corrected chi connectivity index (χ4v) is 2.89. The minimum absolute atomic E-state index is 0.0269. The van der Waals surface area contributed by atoms with Crippen LogP contribution >= 0.6 is 15.9 Å². The van der Waals surface area contributed by atoms with Gasteiger partial charge in [0.15, 0.2) is 0 Å². The van der Waals surface area contributed by atoms with Crippen LogP contribution in [-0.4, -0.2) is 17.1 Å². The van der Waals surface area contributed by atoms with Crippen LogP contribution in [0.5, 0.6) is 0 Å². The predicted octanol–water partition coefficient (Wildman–Crippen LogP) is 4.15. The van der Waals surface area contributed by atoms with E-state index >= 15 is 0 Å². The number of carbonyl (C=O) groups excluding carboxylic acids is 1. The maximum absolute atomic E-state index is 13.0. The van der Waals surface area contributed by atoms with Gasteiger partial charge in [-0.15, -0.1) is 0 Å². The third-order valence-corrected chi connectivity index (χ3v) is 4.19. The highest BCUT2D eigenvalue weighted by Gasteiger charge is 2.48. The number of pyridine rings is 1. The summed E-state index contributed by atoms with van der Waals surface area (Å²) >= 11 is 3.20. The molecule has 1 aromatic heterocycles. The number of hydrogen-bond acceptors (Lipinski definition) is 2. The molecule has 3 nitrogen and oxygen atoms in total. The Balaban J connectivity index is 2.13. The third kappa shape index (κ3) is 3.50. The Bertz CT molecular complexity index is 493. The molecule has 1 aliphatic rings. The molecule has 2 atom stereocenters. The Morgan fingerprint density at radius 2 is 2.05 bits per heavy atom. The molecule has 1 aromatic rings. The van der Waals surface area contributed by atoms with Crippen molar-refractivity contribution in [2.75, 3.05) is 5.32 Å².